The molecule has 0 amide bonds. The molecule has 1 fully saturated rings. The summed E-state index contributed by atoms with van der Waals surface area (Å²) in [6.07, 6.45) is -3.50. The zero-order valence-corrected chi connectivity index (χ0v) is 29.0. The number of carbonyl (C=O) groups is 4. The van der Waals surface area contributed by atoms with Crippen LogP contribution in [-0.4, -0.2) is 75.9 Å². The van der Waals surface area contributed by atoms with E-state index in [0.717, 1.165) is 16.4 Å². The second-order valence-electron chi connectivity index (χ2n) is 11.5. The van der Waals surface area contributed by atoms with Crippen molar-refractivity contribution in [3.63, 3.8) is 0 Å². The summed E-state index contributed by atoms with van der Waals surface area (Å²) in [5.41, 5.74) is -1.13. The molecule has 0 radical (unpaired) electrons. The molecule has 1 N–H and O–H groups in total. The summed E-state index contributed by atoms with van der Waals surface area (Å²) in [6.45, 7) is 1.58. The first-order valence-corrected chi connectivity index (χ1v) is 17.6. The lowest BCUT2D eigenvalue weighted by Gasteiger charge is -2.24. The van der Waals surface area contributed by atoms with Gasteiger partial charge in [-0.15, -0.1) is 0 Å². The van der Waals surface area contributed by atoms with Gasteiger partial charge >= 0.3 is 29.6 Å². The molecule has 3 aromatic carbocycles. The van der Waals surface area contributed by atoms with Crippen molar-refractivity contribution in [2.24, 2.45) is 0 Å². The van der Waals surface area contributed by atoms with Gasteiger partial charge in [-0.1, -0.05) is 72.8 Å². The van der Waals surface area contributed by atoms with Crippen LogP contribution >= 0.6 is 11.8 Å². The van der Waals surface area contributed by atoms with Crippen LogP contribution in [0.3, 0.4) is 0 Å². The fourth-order valence-electron chi connectivity index (χ4n) is 5.27. The molecular weight excluding hydrogens is 694 g/mol. The van der Waals surface area contributed by atoms with Crippen molar-refractivity contribution in [1.29, 1.82) is 0 Å². The molecule has 15 heteroatoms. The monoisotopic (exact) mass is 731 g/mol. The number of hydrogen-bond donors (Lipinski definition) is 1. The number of unbranched alkanes of at least 4 members (excludes halogenated alkanes) is 2. The number of nitrogens with one attached hydrogen (secondary N) is 1. The standard InChI is InChI=1S/C37H37N3O11S/c1-2-47-28(41)21-13-6-14-22-52-32-31(42)38-37(46)40(39-32)33-30(51-36(45)26-19-11-5-12-20-26)29(50-35(44)25-17-9-4-10-18-25)27(49-33)23-48-34(43)24-15-7-3-8-16-24/h3-5,7-12,15-20,27,29-30,33H,2,6,13-14,21-23H2,1H3,(H,38,42,46)/t27-,29-,30-,33-/m1/s1. The highest BCUT2D eigenvalue weighted by Gasteiger charge is 2.52. The highest BCUT2D eigenvalue weighted by atomic mass is 32.2. The number of aromatic amines is 1. The summed E-state index contributed by atoms with van der Waals surface area (Å²) >= 11 is 1.08. The van der Waals surface area contributed by atoms with Gasteiger partial charge in [-0.05, 0) is 61.9 Å². The van der Waals surface area contributed by atoms with Gasteiger partial charge in [0.15, 0.2) is 23.5 Å². The molecule has 5 rings (SSSR count). The molecule has 14 nitrogen and oxygen atoms in total. The average molecular weight is 732 g/mol. The Hall–Kier alpha value is -5.54. The molecule has 52 heavy (non-hydrogen) atoms. The highest BCUT2D eigenvalue weighted by molar-refractivity contribution is 7.99. The fourth-order valence-corrected chi connectivity index (χ4v) is 6.14. The molecule has 272 valence electrons. The molecule has 1 aliphatic heterocycles. The van der Waals surface area contributed by atoms with E-state index in [9.17, 15) is 28.8 Å². The van der Waals surface area contributed by atoms with Crippen molar-refractivity contribution in [2.45, 2.75) is 62.2 Å². The molecule has 1 aromatic heterocycles. The van der Waals surface area contributed by atoms with E-state index in [4.69, 9.17) is 23.7 Å². The lowest BCUT2D eigenvalue weighted by atomic mass is 10.1. The van der Waals surface area contributed by atoms with Crippen LogP contribution in [0.2, 0.25) is 0 Å². The predicted molar refractivity (Wildman–Crippen MR) is 187 cm³/mol. The van der Waals surface area contributed by atoms with Gasteiger partial charge in [0.05, 0.1) is 23.3 Å². The van der Waals surface area contributed by atoms with Crippen LogP contribution in [0.25, 0.3) is 0 Å². The maximum Gasteiger partial charge on any atom is 0.347 e. The summed E-state index contributed by atoms with van der Waals surface area (Å²) in [6, 6.07) is 24.2. The summed E-state index contributed by atoms with van der Waals surface area (Å²) in [4.78, 5) is 79.7. The van der Waals surface area contributed by atoms with Crippen molar-refractivity contribution in [1.82, 2.24) is 14.8 Å². The van der Waals surface area contributed by atoms with Crippen molar-refractivity contribution in [2.75, 3.05) is 19.0 Å². The maximum atomic E-state index is 13.4. The Labute approximate surface area is 302 Å². The van der Waals surface area contributed by atoms with Gasteiger partial charge in [0.1, 0.15) is 12.7 Å². The van der Waals surface area contributed by atoms with Gasteiger partial charge < -0.3 is 23.7 Å². The van der Waals surface area contributed by atoms with Gasteiger partial charge in [-0.2, -0.15) is 9.78 Å². The molecule has 0 aliphatic carbocycles. The topological polar surface area (TPSA) is 182 Å². The molecule has 1 saturated heterocycles. The molecule has 0 unspecified atom stereocenters. The van der Waals surface area contributed by atoms with Crippen LogP contribution in [0, 0.1) is 0 Å². The summed E-state index contributed by atoms with van der Waals surface area (Å²) in [7, 11) is 0. The minimum absolute atomic E-state index is 0.0708. The van der Waals surface area contributed by atoms with Crippen LogP contribution in [0.4, 0.5) is 0 Å². The average Bonchev–Trinajstić information content (AvgIpc) is 3.49. The number of thioether (sulfide) groups is 1. The first-order chi connectivity index (χ1) is 25.2. The molecule has 2 heterocycles. The Morgan fingerprint density at radius 1 is 0.750 bits per heavy atom. The van der Waals surface area contributed by atoms with Crippen molar-refractivity contribution >= 4 is 35.6 Å². The van der Waals surface area contributed by atoms with Gasteiger partial charge in [-0.3, -0.25) is 14.6 Å². The second kappa shape index (κ2) is 18.6. The van der Waals surface area contributed by atoms with E-state index < -0.39 is 60.3 Å². The molecule has 1 aliphatic rings. The minimum atomic E-state index is -1.53. The number of carbonyl (C=O) groups excluding carboxylic acids is 4. The summed E-state index contributed by atoms with van der Waals surface area (Å²) in [5, 5.41) is 4.22. The zero-order chi connectivity index (χ0) is 36.9. The Morgan fingerprint density at radius 2 is 1.31 bits per heavy atom. The summed E-state index contributed by atoms with van der Waals surface area (Å²) in [5.74, 6) is -2.16. The van der Waals surface area contributed by atoms with E-state index in [0.29, 0.717) is 31.6 Å². The first kappa shape index (κ1) is 37.7. The Morgan fingerprint density at radius 3 is 1.88 bits per heavy atom. The Bertz CT molecular complexity index is 1940. The molecule has 0 saturated carbocycles. The van der Waals surface area contributed by atoms with Gasteiger partial charge in [0, 0.05) is 6.42 Å². The third-order valence-electron chi connectivity index (χ3n) is 7.81. The molecule has 0 spiro atoms. The summed E-state index contributed by atoms with van der Waals surface area (Å²) < 4.78 is 29.3. The largest absolute Gasteiger partial charge is 0.466 e. The molecule has 4 aromatic rings. The van der Waals surface area contributed by atoms with Crippen LogP contribution in [-0.2, 0) is 28.5 Å². The van der Waals surface area contributed by atoms with Crippen LogP contribution in [0.1, 0.15) is 69.9 Å². The van der Waals surface area contributed by atoms with Gasteiger partial charge in [0.25, 0.3) is 5.56 Å². The molecule has 0 bridgehead atoms. The first-order valence-electron chi connectivity index (χ1n) is 16.7. The van der Waals surface area contributed by atoms with Crippen molar-refractivity contribution in [3.05, 3.63) is 129 Å². The number of ether oxygens (including phenoxy) is 5. The number of H-pyrrole nitrogens is 1. The van der Waals surface area contributed by atoms with E-state index >= 15 is 0 Å². The quantitative estimate of drug-likeness (QED) is 0.0744. The number of hydrogen-bond acceptors (Lipinski definition) is 13. The lowest BCUT2D eigenvalue weighted by Crippen LogP contribution is -2.44. The normalized spacial score (nSPS) is 17.9. The Balaban J connectivity index is 1.44. The van der Waals surface area contributed by atoms with E-state index in [2.05, 4.69) is 10.1 Å². The van der Waals surface area contributed by atoms with Crippen molar-refractivity contribution < 1.29 is 42.9 Å². The fraction of sp³-hybridized carbons (Fsp3) is 0.324. The number of rotatable bonds is 16. The van der Waals surface area contributed by atoms with E-state index in [1.54, 1.807) is 73.7 Å². The van der Waals surface area contributed by atoms with Crippen LogP contribution in [0.5, 0.6) is 0 Å². The maximum absolute atomic E-state index is 13.4. The molecular formula is C37H37N3O11S. The third-order valence-corrected chi connectivity index (χ3v) is 8.84. The third kappa shape index (κ3) is 10.0. The zero-order valence-electron chi connectivity index (χ0n) is 28.2. The van der Waals surface area contributed by atoms with E-state index in [-0.39, 0.29) is 34.1 Å². The number of esters is 4. The Kier molecular flexibility index (Phi) is 13.5. The SMILES string of the molecule is CCOC(=O)CCCCCSc1nn([C@@H]2O[C@H](COC(=O)c3ccccc3)[C@@H](OC(=O)c3ccccc3)[C@H]2OC(=O)c2ccccc2)c(=O)[nH]c1=O. The van der Waals surface area contributed by atoms with Crippen LogP contribution < -0.4 is 11.2 Å². The van der Waals surface area contributed by atoms with Gasteiger partial charge in [0.2, 0.25) is 0 Å². The van der Waals surface area contributed by atoms with E-state index in [1.807, 2.05) is 0 Å². The van der Waals surface area contributed by atoms with Crippen LogP contribution in [0.15, 0.2) is 106 Å². The molecule has 4 atom stereocenters. The predicted octanol–water partition coefficient (Wildman–Crippen LogP) is 4.35. The van der Waals surface area contributed by atoms with E-state index in [1.165, 1.54) is 24.3 Å². The number of benzene rings is 3. The minimum Gasteiger partial charge on any atom is -0.466 e. The number of aromatic nitrogens is 3. The second-order valence-corrected chi connectivity index (χ2v) is 12.6. The number of nitrogens with zero attached hydrogens (tertiary/aromatic N) is 2. The highest BCUT2D eigenvalue weighted by Crippen LogP contribution is 2.34. The van der Waals surface area contributed by atoms with Gasteiger partial charge in [-0.25, -0.2) is 19.2 Å². The van der Waals surface area contributed by atoms with Crippen molar-refractivity contribution in [3.8, 4) is 0 Å². The smallest absolute Gasteiger partial charge is 0.347 e. The lowest BCUT2D eigenvalue weighted by molar-refractivity contribution is -0.143.